The number of quaternary nitrogens is 1. The first kappa shape index (κ1) is 21.0. The Bertz CT molecular complexity index is 335. The minimum absolute atomic E-state index is 0.652. The molecule has 5 unspecified atom stereocenters. The van der Waals surface area contributed by atoms with Crippen LogP contribution in [0, 0.1) is 23.2 Å². The van der Waals surface area contributed by atoms with Crippen LogP contribution in [0.25, 0.3) is 0 Å². The highest BCUT2D eigenvalue weighted by Gasteiger charge is 2.52. The Hall–Kier alpha value is -0.0400. The first-order chi connectivity index (χ1) is 10.7. The van der Waals surface area contributed by atoms with Gasteiger partial charge in [0.2, 0.25) is 0 Å². The molecule has 0 aromatic heterocycles. The molecule has 0 saturated heterocycles. The monoisotopic (exact) mass is 324 g/mol. The first-order valence-corrected chi connectivity index (χ1v) is 10.5. The molecular formula is C22H46N+. The van der Waals surface area contributed by atoms with Crippen LogP contribution >= 0.6 is 0 Å². The lowest BCUT2D eigenvalue weighted by Gasteiger charge is -2.39. The fourth-order valence-electron chi connectivity index (χ4n) is 4.99. The van der Waals surface area contributed by atoms with E-state index in [0.29, 0.717) is 5.41 Å². The average molecular weight is 325 g/mol. The van der Waals surface area contributed by atoms with E-state index in [1.54, 1.807) is 0 Å². The summed E-state index contributed by atoms with van der Waals surface area (Å²) in [6.45, 7) is 16.0. The molecule has 0 bridgehead atoms. The Morgan fingerprint density at radius 3 is 2.13 bits per heavy atom. The smallest absolute Gasteiger partial charge is 0.0857 e. The lowest BCUT2D eigenvalue weighted by atomic mass is 9.86. The molecular weight excluding hydrogens is 278 g/mol. The molecule has 1 nitrogen and oxygen atoms in total. The van der Waals surface area contributed by atoms with Gasteiger partial charge < -0.3 is 4.48 Å². The van der Waals surface area contributed by atoms with Crippen molar-refractivity contribution in [1.82, 2.24) is 0 Å². The van der Waals surface area contributed by atoms with Gasteiger partial charge in [0.05, 0.1) is 26.7 Å². The van der Waals surface area contributed by atoms with Gasteiger partial charge in [-0.25, -0.2) is 0 Å². The van der Waals surface area contributed by atoms with E-state index in [1.807, 2.05) is 0 Å². The van der Waals surface area contributed by atoms with E-state index in [-0.39, 0.29) is 0 Å². The SMILES string of the molecule is CCCCC(C)C1CC1(C)CC(C)C[N+](C)(C)C(C)CCCC. The number of nitrogens with zero attached hydrogens (tertiary/aromatic N) is 1. The van der Waals surface area contributed by atoms with Crippen LogP contribution in [0.5, 0.6) is 0 Å². The first-order valence-electron chi connectivity index (χ1n) is 10.5. The zero-order chi connectivity index (χ0) is 17.7. The van der Waals surface area contributed by atoms with Gasteiger partial charge in [0.15, 0.2) is 0 Å². The number of unbranched alkanes of at least 4 members (excludes halogenated alkanes) is 2. The Kier molecular flexibility index (Phi) is 8.11. The molecule has 0 amide bonds. The lowest BCUT2D eigenvalue weighted by Crippen LogP contribution is -2.50. The quantitative estimate of drug-likeness (QED) is 0.358. The molecule has 1 fully saturated rings. The number of hydrogen-bond acceptors (Lipinski definition) is 0. The van der Waals surface area contributed by atoms with E-state index in [0.717, 1.165) is 23.8 Å². The fourth-order valence-corrected chi connectivity index (χ4v) is 4.99. The van der Waals surface area contributed by atoms with Crippen LogP contribution in [0.3, 0.4) is 0 Å². The molecule has 5 atom stereocenters. The van der Waals surface area contributed by atoms with Crippen molar-refractivity contribution in [2.24, 2.45) is 23.2 Å². The van der Waals surface area contributed by atoms with E-state index < -0.39 is 0 Å². The minimum Gasteiger partial charge on any atom is -0.326 e. The minimum atomic E-state index is 0.652. The highest BCUT2D eigenvalue weighted by atomic mass is 15.3. The van der Waals surface area contributed by atoms with Gasteiger partial charge in [0.25, 0.3) is 0 Å². The second kappa shape index (κ2) is 8.88. The maximum Gasteiger partial charge on any atom is 0.0857 e. The third-order valence-electron chi connectivity index (χ3n) is 6.89. The summed E-state index contributed by atoms with van der Waals surface area (Å²) in [6.07, 6.45) is 11.2. The number of rotatable bonds is 12. The Labute approximate surface area is 147 Å². The van der Waals surface area contributed by atoms with Gasteiger partial charge in [-0.2, -0.15) is 0 Å². The summed E-state index contributed by atoms with van der Waals surface area (Å²) in [5, 5.41) is 0. The van der Waals surface area contributed by atoms with Crippen LogP contribution in [0.1, 0.15) is 92.9 Å². The topological polar surface area (TPSA) is 0 Å². The molecule has 0 N–H and O–H groups in total. The van der Waals surface area contributed by atoms with Gasteiger partial charge >= 0.3 is 0 Å². The van der Waals surface area contributed by atoms with Crippen LogP contribution < -0.4 is 0 Å². The molecule has 1 heteroatoms. The predicted molar refractivity (Wildman–Crippen MR) is 105 cm³/mol. The van der Waals surface area contributed by atoms with Gasteiger partial charge in [0, 0.05) is 5.92 Å². The Morgan fingerprint density at radius 1 is 1.00 bits per heavy atom. The summed E-state index contributed by atoms with van der Waals surface area (Å²) in [7, 11) is 4.90. The zero-order valence-electron chi connectivity index (χ0n) is 17.6. The second-order valence-electron chi connectivity index (χ2n) is 9.85. The molecule has 1 rings (SSSR count). The summed E-state index contributed by atoms with van der Waals surface area (Å²) in [5.41, 5.74) is 0.652. The van der Waals surface area contributed by atoms with Crippen molar-refractivity contribution in [3.05, 3.63) is 0 Å². The Morgan fingerprint density at radius 2 is 1.57 bits per heavy atom. The molecule has 1 aliphatic carbocycles. The van der Waals surface area contributed by atoms with Crippen molar-refractivity contribution >= 4 is 0 Å². The van der Waals surface area contributed by atoms with Crippen LogP contribution in [0.4, 0.5) is 0 Å². The number of hydrogen-bond donors (Lipinski definition) is 0. The molecule has 0 radical (unpaired) electrons. The fraction of sp³-hybridized carbons (Fsp3) is 1.00. The maximum absolute atomic E-state index is 2.57. The third-order valence-corrected chi connectivity index (χ3v) is 6.89. The molecule has 1 saturated carbocycles. The molecule has 1 aliphatic rings. The van der Waals surface area contributed by atoms with Crippen molar-refractivity contribution in [2.75, 3.05) is 20.6 Å². The molecule has 138 valence electrons. The van der Waals surface area contributed by atoms with Gasteiger partial charge in [-0.15, -0.1) is 0 Å². The zero-order valence-corrected chi connectivity index (χ0v) is 17.6. The molecule has 0 aliphatic heterocycles. The normalized spacial score (nSPS) is 28.4. The van der Waals surface area contributed by atoms with Crippen LogP contribution in [0.2, 0.25) is 0 Å². The van der Waals surface area contributed by atoms with Crippen LogP contribution in [-0.2, 0) is 0 Å². The maximum atomic E-state index is 2.57. The molecule has 23 heavy (non-hydrogen) atoms. The van der Waals surface area contributed by atoms with Gasteiger partial charge in [-0.05, 0) is 49.9 Å². The Balaban J connectivity index is 2.43. The van der Waals surface area contributed by atoms with E-state index in [1.165, 1.54) is 62.4 Å². The molecule has 0 spiro atoms. The lowest BCUT2D eigenvalue weighted by molar-refractivity contribution is -0.916. The van der Waals surface area contributed by atoms with E-state index in [4.69, 9.17) is 0 Å². The van der Waals surface area contributed by atoms with Crippen molar-refractivity contribution < 1.29 is 4.48 Å². The van der Waals surface area contributed by atoms with Crippen molar-refractivity contribution in [1.29, 1.82) is 0 Å². The molecule has 0 heterocycles. The average Bonchev–Trinajstić information content (AvgIpc) is 3.12. The van der Waals surface area contributed by atoms with Crippen molar-refractivity contribution in [2.45, 2.75) is 99.0 Å². The highest BCUT2D eigenvalue weighted by molar-refractivity contribution is 5.01. The second-order valence-corrected chi connectivity index (χ2v) is 9.85. The van der Waals surface area contributed by atoms with E-state index in [2.05, 4.69) is 55.6 Å². The van der Waals surface area contributed by atoms with Crippen LogP contribution in [0.15, 0.2) is 0 Å². The highest BCUT2D eigenvalue weighted by Crippen LogP contribution is 2.60. The van der Waals surface area contributed by atoms with Gasteiger partial charge in [-0.3, -0.25) is 0 Å². The molecule has 0 aromatic carbocycles. The van der Waals surface area contributed by atoms with Gasteiger partial charge in [-0.1, -0.05) is 60.3 Å². The standard InChI is InChI=1S/C22H46N/c1-9-11-13-19(4)21-16-22(21,6)15-18(3)17-23(7,8)20(5)14-12-10-2/h18-21H,9-17H2,1-8H3/q+1. The largest absolute Gasteiger partial charge is 0.326 e. The molecule has 0 aromatic rings. The van der Waals surface area contributed by atoms with Crippen molar-refractivity contribution in [3.63, 3.8) is 0 Å². The third kappa shape index (κ3) is 6.40. The summed E-state index contributed by atoms with van der Waals surface area (Å²) in [5.74, 6) is 2.80. The van der Waals surface area contributed by atoms with Gasteiger partial charge in [0.1, 0.15) is 0 Å². The summed E-state index contributed by atoms with van der Waals surface area (Å²) < 4.78 is 1.20. The van der Waals surface area contributed by atoms with Crippen molar-refractivity contribution in [3.8, 4) is 0 Å². The predicted octanol–water partition coefficient (Wildman–Crippen LogP) is 6.52. The summed E-state index contributed by atoms with van der Waals surface area (Å²) in [6, 6.07) is 0.795. The van der Waals surface area contributed by atoms with Crippen LogP contribution in [-0.4, -0.2) is 31.2 Å². The van der Waals surface area contributed by atoms with E-state index in [9.17, 15) is 0 Å². The summed E-state index contributed by atoms with van der Waals surface area (Å²) >= 11 is 0. The van der Waals surface area contributed by atoms with E-state index >= 15 is 0 Å². The summed E-state index contributed by atoms with van der Waals surface area (Å²) in [4.78, 5) is 0.